The van der Waals surface area contributed by atoms with Crippen molar-refractivity contribution in [1.29, 1.82) is 0 Å². The lowest BCUT2D eigenvalue weighted by Gasteiger charge is -2.36. The quantitative estimate of drug-likeness (QED) is 0.773. The van der Waals surface area contributed by atoms with Crippen molar-refractivity contribution < 1.29 is 9.53 Å². The van der Waals surface area contributed by atoms with E-state index in [-0.39, 0.29) is 5.91 Å². The Morgan fingerprint density at radius 3 is 2.57 bits per heavy atom. The van der Waals surface area contributed by atoms with Crippen LogP contribution in [0.2, 0.25) is 0 Å². The van der Waals surface area contributed by atoms with Crippen LogP contribution < -0.4 is 15.4 Å². The molecule has 0 spiro atoms. The fourth-order valence-corrected chi connectivity index (χ4v) is 2.68. The van der Waals surface area contributed by atoms with E-state index in [4.69, 9.17) is 4.74 Å². The van der Waals surface area contributed by atoms with Crippen LogP contribution in [-0.2, 0) is 4.79 Å². The highest BCUT2D eigenvalue weighted by molar-refractivity contribution is 5.75. The molecule has 0 saturated heterocycles. The molecule has 1 aromatic rings. The monoisotopic (exact) mass is 290 g/mol. The van der Waals surface area contributed by atoms with E-state index in [0.29, 0.717) is 18.4 Å². The van der Waals surface area contributed by atoms with E-state index in [0.717, 1.165) is 38.1 Å². The third-order valence-electron chi connectivity index (χ3n) is 4.08. The summed E-state index contributed by atoms with van der Waals surface area (Å²) in [5, 5.41) is 6.36. The Bertz CT molecular complexity index is 439. The van der Waals surface area contributed by atoms with Gasteiger partial charge in [0, 0.05) is 25.6 Å². The number of carbonyl (C=O) groups excluding carboxylic acids is 1. The largest absolute Gasteiger partial charge is 0.497 e. The van der Waals surface area contributed by atoms with Crippen molar-refractivity contribution in [3.8, 4) is 5.75 Å². The van der Waals surface area contributed by atoms with Gasteiger partial charge in [0.05, 0.1) is 7.11 Å². The minimum Gasteiger partial charge on any atom is -0.497 e. The number of ether oxygens (including phenoxy) is 1. The maximum absolute atomic E-state index is 11.5. The molecule has 4 heteroatoms. The molecule has 21 heavy (non-hydrogen) atoms. The van der Waals surface area contributed by atoms with Crippen molar-refractivity contribution in [2.45, 2.75) is 44.6 Å². The number of hydrogen-bond donors (Lipinski definition) is 2. The summed E-state index contributed by atoms with van der Waals surface area (Å²) in [5.74, 6) is 1.70. The van der Waals surface area contributed by atoms with Crippen molar-refractivity contribution in [1.82, 2.24) is 10.6 Å². The smallest absolute Gasteiger partial charge is 0.221 e. The first-order valence-electron chi connectivity index (χ1n) is 7.87. The Labute approximate surface area is 127 Å². The Morgan fingerprint density at radius 1 is 1.24 bits per heavy atom. The lowest BCUT2D eigenvalue weighted by atomic mass is 9.76. The summed E-state index contributed by atoms with van der Waals surface area (Å²) in [6.07, 6.45) is 3.88. The highest BCUT2D eigenvalue weighted by Gasteiger charge is 2.29. The molecule has 0 unspecified atom stereocenters. The van der Waals surface area contributed by atoms with Gasteiger partial charge in [-0.25, -0.2) is 0 Å². The van der Waals surface area contributed by atoms with Crippen molar-refractivity contribution >= 4 is 5.91 Å². The summed E-state index contributed by atoms with van der Waals surface area (Å²) in [6, 6.07) is 8.90. The number of hydrogen-bond acceptors (Lipinski definition) is 3. The molecule has 1 saturated carbocycles. The number of amides is 1. The highest BCUT2D eigenvalue weighted by atomic mass is 16.5. The van der Waals surface area contributed by atoms with E-state index in [1.165, 1.54) is 5.56 Å². The van der Waals surface area contributed by atoms with Crippen LogP contribution in [0.25, 0.3) is 0 Å². The summed E-state index contributed by atoms with van der Waals surface area (Å²) in [4.78, 5) is 11.5. The molecule has 4 nitrogen and oxygen atoms in total. The molecular weight excluding hydrogens is 264 g/mol. The molecule has 1 amide bonds. The van der Waals surface area contributed by atoms with Crippen LogP contribution in [0, 0.1) is 0 Å². The van der Waals surface area contributed by atoms with Gasteiger partial charge >= 0.3 is 0 Å². The summed E-state index contributed by atoms with van der Waals surface area (Å²) in [6.45, 7) is 3.61. The first kappa shape index (κ1) is 15.8. The molecule has 2 rings (SSSR count). The van der Waals surface area contributed by atoms with Crippen molar-refractivity contribution in [2.75, 3.05) is 20.2 Å². The average Bonchev–Trinajstić information content (AvgIpc) is 2.47. The zero-order valence-corrected chi connectivity index (χ0v) is 13.0. The molecule has 0 bridgehead atoms. The molecular formula is C17H26N2O2. The zero-order valence-electron chi connectivity index (χ0n) is 13.0. The van der Waals surface area contributed by atoms with Crippen LogP contribution in [0.4, 0.5) is 0 Å². The van der Waals surface area contributed by atoms with Gasteiger partial charge in [-0.1, -0.05) is 19.1 Å². The minimum atomic E-state index is 0.148. The summed E-state index contributed by atoms with van der Waals surface area (Å²) in [5.41, 5.74) is 1.38. The summed E-state index contributed by atoms with van der Waals surface area (Å²) >= 11 is 0. The second-order valence-corrected chi connectivity index (χ2v) is 5.69. The maximum atomic E-state index is 11.5. The summed E-state index contributed by atoms with van der Waals surface area (Å²) in [7, 11) is 1.69. The van der Waals surface area contributed by atoms with E-state index in [2.05, 4.69) is 29.7 Å². The molecule has 0 aromatic heterocycles. The summed E-state index contributed by atoms with van der Waals surface area (Å²) < 4.78 is 5.17. The molecule has 1 fully saturated rings. The number of carbonyl (C=O) groups is 1. The molecule has 0 heterocycles. The van der Waals surface area contributed by atoms with Crippen LogP contribution in [0.1, 0.15) is 44.1 Å². The van der Waals surface area contributed by atoms with E-state index >= 15 is 0 Å². The van der Waals surface area contributed by atoms with Crippen LogP contribution >= 0.6 is 0 Å². The van der Waals surface area contributed by atoms with Gasteiger partial charge < -0.3 is 15.4 Å². The Balaban J connectivity index is 1.61. The van der Waals surface area contributed by atoms with E-state index < -0.39 is 0 Å². The maximum Gasteiger partial charge on any atom is 0.221 e. The number of rotatable bonds is 8. The molecule has 0 aliphatic heterocycles. The van der Waals surface area contributed by atoms with Crippen LogP contribution in [0.15, 0.2) is 24.3 Å². The lowest BCUT2D eigenvalue weighted by Crippen LogP contribution is -2.41. The van der Waals surface area contributed by atoms with Gasteiger partial charge in [0.15, 0.2) is 0 Å². The molecule has 116 valence electrons. The van der Waals surface area contributed by atoms with Gasteiger partial charge in [-0.2, -0.15) is 0 Å². The predicted molar refractivity (Wildman–Crippen MR) is 84.7 cm³/mol. The van der Waals surface area contributed by atoms with Crippen molar-refractivity contribution in [3.63, 3.8) is 0 Å². The SMILES string of the molecule is CCCNC(=O)CCNC1CC(c2ccc(OC)cc2)C1. The number of nitrogens with one attached hydrogen (secondary N) is 2. The number of benzene rings is 1. The topological polar surface area (TPSA) is 50.4 Å². The molecule has 0 atom stereocenters. The van der Waals surface area contributed by atoms with E-state index in [1.54, 1.807) is 7.11 Å². The second kappa shape index (κ2) is 8.03. The fraction of sp³-hybridized carbons (Fsp3) is 0.588. The highest BCUT2D eigenvalue weighted by Crippen LogP contribution is 2.37. The van der Waals surface area contributed by atoms with Gasteiger partial charge in [-0.15, -0.1) is 0 Å². The predicted octanol–water partition coefficient (Wildman–Crippen LogP) is 2.45. The first-order valence-corrected chi connectivity index (χ1v) is 7.87. The van der Waals surface area contributed by atoms with E-state index in [1.807, 2.05) is 12.1 Å². The van der Waals surface area contributed by atoms with Gasteiger partial charge in [0.25, 0.3) is 0 Å². The Kier molecular flexibility index (Phi) is 6.05. The zero-order chi connectivity index (χ0) is 15.1. The van der Waals surface area contributed by atoms with Crippen molar-refractivity contribution in [3.05, 3.63) is 29.8 Å². The molecule has 1 aromatic carbocycles. The van der Waals surface area contributed by atoms with Crippen molar-refractivity contribution in [2.24, 2.45) is 0 Å². The third kappa shape index (κ3) is 4.74. The minimum absolute atomic E-state index is 0.148. The Hall–Kier alpha value is -1.55. The molecule has 2 N–H and O–H groups in total. The van der Waals surface area contributed by atoms with Crippen LogP contribution in [0.5, 0.6) is 5.75 Å². The van der Waals surface area contributed by atoms with Gasteiger partial charge in [0.2, 0.25) is 5.91 Å². The fourth-order valence-electron chi connectivity index (χ4n) is 2.68. The molecule has 0 radical (unpaired) electrons. The van der Waals surface area contributed by atoms with Crippen LogP contribution in [-0.4, -0.2) is 32.1 Å². The average molecular weight is 290 g/mol. The van der Waals surface area contributed by atoms with Crippen LogP contribution in [0.3, 0.4) is 0 Å². The van der Waals surface area contributed by atoms with Gasteiger partial charge in [0.1, 0.15) is 5.75 Å². The third-order valence-corrected chi connectivity index (χ3v) is 4.08. The Morgan fingerprint density at radius 2 is 1.95 bits per heavy atom. The molecule has 1 aliphatic rings. The first-order chi connectivity index (χ1) is 10.2. The number of methoxy groups -OCH3 is 1. The normalized spacial score (nSPS) is 20.7. The second-order valence-electron chi connectivity index (χ2n) is 5.69. The molecule has 1 aliphatic carbocycles. The van der Waals surface area contributed by atoms with Gasteiger partial charge in [-0.3, -0.25) is 4.79 Å². The standard InChI is InChI=1S/C17H26N2O2/c1-3-9-19-17(20)8-10-18-15-11-14(12-15)13-4-6-16(21-2)7-5-13/h4-7,14-15,18H,3,8-12H2,1-2H3,(H,19,20). The van der Waals surface area contributed by atoms with Gasteiger partial charge in [-0.05, 0) is 42.9 Å². The van der Waals surface area contributed by atoms with E-state index in [9.17, 15) is 4.79 Å². The lowest BCUT2D eigenvalue weighted by molar-refractivity contribution is -0.121.